The highest BCUT2D eigenvalue weighted by Crippen LogP contribution is 2.26. The molecule has 0 spiro atoms. The predicted molar refractivity (Wildman–Crippen MR) is 138 cm³/mol. The van der Waals surface area contributed by atoms with Gasteiger partial charge < -0.3 is 9.88 Å². The number of aromatic nitrogens is 3. The van der Waals surface area contributed by atoms with E-state index in [1.165, 1.54) is 17.3 Å². The van der Waals surface area contributed by atoms with Crippen LogP contribution in [0.15, 0.2) is 59.7 Å². The third-order valence-corrected chi connectivity index (χ3v) is 6.88. The lowest BCUT2D eigenvalue weighted by atomic mass is 9.94. The normalized spacial score (nSPS) is 15.9. The van der Waals surface area contributed by atoms with Crippen LogP contribution in [-0.2, 0) is 0 Å². The predicted octanol–water partition coefficient (Wildman–Crippen LogP) is 4.54. The molecule has 0 saturated heterocycles. The van der Waals surface area contributed by atoms with Crippen LogP contribution in [0, 0.1) is 13.8 Å². The molecule has 1 aliphatic heterocycles. The minimum atomic E-state index is 0.395. The van der Waals surface area contributed by atoms with Crippen molar-refractivity contribution < 1.29 is 0 Å². The molecule has 170 valence electrons. The average Bonchev–Trinajstić information content (AvgIpc) is 2.82. The minimum Gasteiger partial charge on any atom is -0.352 e. The molecule has 0 radical (unpaired) electrons. The number of anilines is 2. The quantitative estimate of drug-likeness (QED) is 0.500. The van der Waals surface area contributed by atoms with Gasteiger partial charge >= 0.3 is 0 Å². The van der Waals surface area contributed by atoms with E-state index in [1.807, 2.05) is 19.2 Å². The van der Waals surface area contributed by atoms with E-state index in [4.69, 9.17) is 9.98 Å². The van der Waals surface area contributed by atoms with Gasteiger partial charge in [-0.1, -0.05) is 29.8 Å². The molecule has 5 heteroatoms. The summed E-state index contributed by atoms with van der Waals surface area (Å²) < 4.78 is 2.35. The first-order valence-electron chi connectivity index (χ1n) is 12.2. The highest BCUT2D eigenvalue weighted by atomic mass is 15.0. The zero-order valence-corrected chi connectivity index (χ0v) is 19.8. The smallest absolute Gasteiger partial charge is 0.0900 e. The molecule has 1 N–H and O–H groups in total. The largest absolute Gasteiger partial charge is 0.352 e. The Morgan fingerprint density at radius 2 is 1.79 bits per heavy atom. The highest BCUT2D eigenvalue weighted by Gasteiger charge is 2.19. The monoisotopic (exact) mass is 447 g/mol. The number of rotatable bonds is 4. The van der Waals surface area contributed by atoms with Crippen molar-refractivity contribution in [2.24, 2.45) is 4.99 Å². The van der Waals surface area contributed by atoms with Crippen molar-refractivity contribution in [3.05, 3.63) is 82.0 Å². The van der Waals surface area contributed by atoms with Crippen LogP contribution in [0.3, 0.4) is 0 Å². The summed E-state index contributed by atoms with van der Waals surface area (Å²) in [5, 5.41) is 6.81. The van der Waals surface area contributed by atoms with Crippen LogP contribution >= 0.6 is 0 Å². The van der Waals surface area contributed by atoms with E-state index in [0.29, 0.717) is 6.04 Å². The second-order valence-corrected chi connectivity index (χ2v) is 9.37. The van der Waals surface area contributed by atoms with Gasteiger partial charge in [-0.3, -0.25) is 9.98 Å². The number of hydrogen-bond donors (Lipinski definition) is 1. The summed E-state index contributed by atoms with van der Waals surface area (Å²) >= 11 is 0. The van der Waals surface area contributed by atoms with Crippen LogP contribution in [0.2, 0.25) is 0 Å². The Labute approximate surface area is 199 Å². The summed E-state index contributed by atoms with van der Waals surface area (Å²) in [6.45, 7) is 4.15. The van der Waals surface area contributed by atoms with E-state index in [9.17, 15) is 0 Å². The second kappa shape index (κ2) is 8.56. The molecule has 0 bridgehead atoms. The number of hydrogen-bond acceptors (Lipinski definition) is 4. The fourth-order valence-corrected chi connectivity index (χ4v) is 4.70. The number of benzene rings is 2. The van der Waals surface area contributed by atoms with Crippen LogP contribution in [0.5, 0.6) is 0 Å². The van der Waals surface area contributed by atoms with Crippen LogP contribution in [0.25, 0.3) is 29.2 Å². The third kappa shape index (κ3) is 3.81. The molecule has 2 heterocycles. The molecule has 2 aromatic rings. The average molecular weight is 448 g/mol. The van der Waals surface area contributed by atoms with E-state index < -0.39 is 0 Å². The summed E-state index contributed by atoms with van der Waals surface area (Å²) in [5.41, 5.74) is 7.40. The molecule has 34 heavy (non-hydrogen) atoms. The van der Waals surface area contributed by atoms with Crippen molar-refractivity contribution >= 4 is 23.5 Å². The maximum atomic E-state index is 5.16. The fraction of sp³-hybridized carbons (Fsp3) is 0.276. The Bertz CT molecular complexity index is 1520. The van der Waals surface area contributed by atoms with Crippen molar-refractivity contribution in [3.8, 4) is 17.1 Å². The van der Waals surface area contributed by atoms with E-state index in [-0.39, 0.29) is 0 Å². The molecule has 1 saturated carbocycles. The van der Waals surface area contributed by atoms with Gasteiger partial charge in [-0.05, 0) is 82.3 Å². The molecule has 3 aliphatic carbocycles. The van der Waals surface area contributed by atoms with Crippen LogP contribution in [0.4, 0.5) is 11.4 Å². The van der Waals surface area contributed by atoms with Crippen LogP contribution in [0.1, 0.15) is 43.4 Å². The lowest BCUT2D eigenvalue weighted by Crippen LogP contribution is -2.40. The Hall–Kier alpha value is -3.73. The van der Waals surface area contributed by atoms with E-state index in [1.54, 1.807) is 0 Å². The van der Waals surface area contributed by atoms with Crippen molar-refractivity contribution in [2.45, 2.75) is 52.0 Å². The molecule has 0 atom stereocenters. The van der Waals surface area contributed by atoms with Gasteiger partial charge in [0.25, 0.3) is 0 Å². The van der Waals surface area contributed by atoms with Gasteiger partial charge in [-0.25, -0.2) is 4.98 Å². The Kier molecular flexibility index (Phi) is 5.25. The van der Waals surface area contributed by atoms with Gasteiger partial charge in [0.15, 0.2) is 0 Å². The summed E-state index contributed by atoms with van der Waals surface area (Å²) in [5.74, 6) is 0. The van der Waals surface area contributed by atoms with Crippen LogP contribution in [-0.4, -0.2) is 20.6 Å². The van der Waals surface area contributed by atoms with Gasteiger partial charge in [0.1, 0.15) is 0 Å². The maximum absolute atomic E-state index is 5.16. The Balaban J connectivity index is 1.64. The first-order chi connectivity index (χ1) is 16.7. The molecule has 0 unspecified atom stereocenters. The molecule has 5 nitrogen and oxygen atoms in total. The first-order valence-corrected chi connectivity index (χ1v) is 12.2. The summed E-state index contributed by atoms with van der Waals surface area (Å²) in [7, 11) is 0. The summed E-state index contributed by atoms with van der Waals surface area (Å²) in [6.07, 6.45) is 12.0. The Morgan fingerprint density at radius 1 is 0.971 bits per heavy atom. The molecule has 1 fully saturated rings. The zero-order valence-electron chi connectivity index (χ0n) is 19.8. The van der Waals surface area contributed by atoms with Crippen molar-refractivity contribution in [1.82, 2.24) is 14.5 Å². The molecule has 0 amide bonds. The first kappa shape index (κ1) is 20.8. The molecule has 6 rings (SSSR count). The number of pyridine rings is 1. The van der Waals surface area contributed by atoms with Gasteiger partial charge in [0.05, 0.1) is 50.6 Å². The molecule has 1 aromatic carbocycles. The molecular weight excluding hydrogens is 418 g/mol. The summed E-state index contributed by atoms with van der Waals surface area (Å²) in [4.78, 5) is 14.7. The number of fused-ring (bicyclic) bond motifs is 2. The van der Waals surface area contributed by atoms with Gasteiger partial charge in [0, 0.05) is 11.9 Å². The van der Waals surface area contributed by atoms with Crippen molar-refractivity contribution in [3.63, 3.8) is 0 Å². The van der Waals surface area contributed by atoms with Crippen LogP contribution < -0.4 is 21.4 Å². The topological polar surface area (TPSA) is 55.1 Å². The minimum absolute atomic E-state index is 0.395. The van der Waals surface area contributed by atoms with E-state index in [2.05, 4.69) is 76.4 Å². The SMILES string of the molecule is Cc1ccc(-n2c3cc(=NC4CCC4)c(Nc4cccnc4C)cc-3nc3c2=CCCC=3)cc1. The second-order valence-electron chi connectivity index (χ2n) is 9.37. The van der Waals surface area contributed by atoms with Gasteiger partial charge in [-0.2, -0.15) is 0 Å². The molecule has 4 aliphatic rings. The molecular formula is C29H29N5. The fourth-order valence-electron chi connectivity index (χ4n) is 4.70. The van der Waals surface area contributed by atoms with E-state index in [0.717, 1.165) is 70.5 Å². The van der Waals surface area contributed by atoms with Crippen molar-refractivity contribution in [1.29, 1.82) is 0 Å². The lowest BCUT2D eigenvalue weighted by molar-refractivity contribution is 0.413. The standard InChI is InChI=1S/C29H29N5/c1-19-12-14-22(15-13-19)34-28-11-4-3-9-24(28)33-27-17-25(32-23-10-6-16-30-20(23)2)26(18-29(27)34)31-21-7-5-8-21/h6,9-18,21,32H,3-5,7-8H2,1-2H3. The van der Waals surface area contributed by atoms with Crippen molar-refractivity contribution in [2.75, 3.05) is 5.32 Å². The van der Waals surface area contributed by atoms with E-state index >= 15 is 0 Å². The maximum Gasteiger partial charge on any atom is 0.0900 e. The third-order valence-electron chi connectivity index (χ3n) is 6.88. The number of aryl methyl sites for hydroxylation is 2. The van der Waals surface area contributed by atoms with Gasteiger partial charge in [-0.15, -0.1) is 0 Å². The zero-order chi connectivity index (χ0) is 23.1. The highest BCUT2D eigenvalue weighted by molar-refractivity contribution is 5.71. The van der Waals surface area contributed by atoms with Gasteiger partial charge in [0.2, 0.25) is 0 Å². The lowest BCUT2D eigenvalue weighted by Gasteiger charge is -2.23. The Morgan fingerprint density at radius 3 is 2.56 bits per heavy atom. The number of nitrogens with zero attached hydrogens (tertiary/aromatic N) is 4. The summed E-state index contributed by atoms with van der Waals surface area (Å²) in [6, 6.07) is 17.5. The number of nitrogens with one attached hydrogen (secondary N) is 1. The molecule has 1 aromatic heterocycles.